The Balaban J connectivity index is 1.79. The second-order valence-electron chi connectivity index (χ2n) is 7.75. The van der Waals surface area contributed by atoms with Crippen molar-refractivity contribution in [3.05, 3.63) is 35.2 Å². The number of carbonyl (C=O) groups is 1. The molecule has 1 N–H and O–H groups in total. The predicted octanol–water partition coefficient (Wildman–Crippen LogP) is 3.65. The van der Waals surface area contributed by atoms with Crippen LogP contribution >= 0.6 is 11.6 Å². The van der Waals surface area contributed by atoms with Crippen LogP contribution in [0.2, 0.25) is 5.02 Å². The quantitative estimate of drug-likeness (QED) is 0.482. The number of rotatable bonds is 7. The molecule has 0 unspecified atom stereocenters. The number of halogens is 7. The van der Waals surface area contributed by atoms with Crippen LogP contribution in [0, 0.1) is 11.3 Å². The molecule has 2 aromatic rings. The SMILES string of the molecule is N#Cc1ncc(OC(=O)NCC(F)(F)F)c(N2CC[C@H](S(=O)(=O)c3ccc(OCC(F)(F)F)cc3Cl)C2)n1. The lowest BCUT2D eigenvalue weighted by Gasteiger charge is -2.20. The summed E-state index contributed by atoms with van der Waals surface area (Å²) in [6.45, 7) is -3.53. The van der Waals surface area contributed by atoms with Crippen molar-refractivity contribution >= 4 is 33.3 Å². The van der Waals surface area contributed by atoms with Gasteiger partial charge in [0.05, 0.1) is 21.4 Å². The summed E-state index contributed by atoms with van der Waals surface area (Å²) in [4.78, 5) is 20.3. The van der Waals surface area contributed by atoms with Crippen LogP contribution in [0.1, 0.15) is 12.2 Å². The highest BCUT2D eigenvalue weighted by Crippen LogP contribution is 2.35. The maximum absolute atomic E-state index is 13.2. The van der Waals surface area contributed by atoms with E-state index < -0.39 is 52.4 Å². The molecule has 0 saturated carbocycles. The van der Waals surface area contributed by atoms with Gasteiger partial charge < -0.3 is 19.7 Å². The average molecular weight is 588 g/mol. The van der Waals surface area contributed by atoms with Crippen molar-refractivity contribution in [2.75, 3.05) is 31.1 Å². The molecular formula is C20H16ClF6N5O5S. The summed E-state index contributed by atoms with van der Waals surface area (Å²) in [7, 11) is -4.15. The van der Waals surface area contributed by atoms with Crippen molar-refractivity contribution in [2.24, 2.45) is 0 Å². The Bertz CT molecular complexity index is 1350. The van der Waals surface area contributed by atoms with Gasteiger partial charge in [-0.1, -0.05) is 11.6 Å². The molecule has 1 aromatic heterocycles. The summed E-state index contributed by atoms with van der Waals surface area (Å²) in [5, 5.41) is 9.10. The van der Waals surface area contributed by atoms with Crippen molar-refractivity contribution in [1.82, 2.24) is 15.3 Å². The molecule has 1 aliphatic heterocycles. The summed E-state index contributed by atoms with van der Waals surface area (Å²) in [5.74, 6) is -1.31. The molecule has 206 valence electrons. The van der Waals surface area contributed by atoms with E-state index >= 15 is 0 Å². The number of carbonyl (C=O) groups excluding carboxylic acids is 1. The van der Waals surface area contributed by atoms with Gasteiger partial charge in [0, 0.05) is 19.2 Å². The molecule has 1 saturated heterocycles. The van der Waals surface area contributed by atoms with Crippen LogP contribution in [-0.4, -0.2) is 68.3 Å². The molecule has 18 heteroatoms. The van der Waals surface area contributed by atoms with Crippen LogP contribution in [0.15, 0.2) is 29.3 Å². The van der Waals surface area contributed by atoms with E-state index in [1.54, 1.807) is 6.07 Å². The standard InChI is InChI=1S/C20H16ClF6N5O5S/c21-13-5-11(36-10-20(25,26)27)1-2-15(13)38(34,35)12-3-4-32(8-12)17-14(7-29-16(6-28)31-17)37-18(33)30-9-19(22,23)24/h1-2,5,7,12H,3-4,8-10H2,(H,30,33)/t12-/m0/s1. The minimum atomic E-state index is -4.70. The van der Waals surface area contributed by atoms with E-state index in [1.165, 1.54) is 10.2 Å². The second kappa shape index (κ2) is 11.1. The Morgan fingerprint density at radius 2 is 1.95 bits per heavy atom. The van der Waals surface area contributed by atoms with Gasteiger partial charge in [0.15, 0.2) is 28.0 Å². The number of nitrogens with one attached hydrogen (secondary N) is 1. The number of amides is 1. The average Bonchev–Trinajstić information content (AvgIpc) is 3.32. The Labute approximate surface area is 216 Å². The zero-order valence-electron chi connectivity index (χ0n) is 18.8. The lowest BCUT2D eigenvalue weighted by Crippen LogP contribution is -2.36. The first-order valence-electron chi connectivity index (χ1n) is 10.4. The van der Waals surface area contributed by atoms with E-state index in [9.17, 15) is 39.6 Å². The fourth-order valence-electron chi connectivity index (χ4n) is 3.34. The smallest absolute Gasteiger partial charge is 0.422 e. The molecule has 0 aliphatic carbocycles. The summed E-state index contributed by atoms with van der Waals surface area (Å²) in [5.41, 5.74) is 0. The molecule has 10 nitrogen and oxygen atoms in total. The Hall–Kier alpha value is -3.52. The third-order valence-electron chi connectivity index (χ3n) is 4.97. The zero-order chi connectivity index (χ0) is 28.3. The third-order valence-corrected chi connectivity index (χ3v) is 7.62. The Morgan fingerprint density at radius 3 is 2.55 bits per heavy atom. The molecule has 2 heterocycles. The van der Waals surface area contributed by atoms with Gasteiger partial charge in [-0.15, -0.1) is 0 Å². The molecule has 3 rings (SSSR count). The van der Waals surface area contributed by atoms with Crippen LogP contribution in [0.3, 0.4) is 0 Å². The number of nitriles is 1. The van der Waals surface area contributed by atoms with E-state index in [4.69, 9.17) is 21.6 Å². The molecule has 1 fully saturated rings. The van der Waals surface area contributed by atoms with E-state index in [-0.39, 0.29) is 46.8 Å². The van der Waals surface area contributed by atoms with Gasteiger partial charge >= 0.3 is 18.4 Å². The number of hydrogen-bond acceptors (Lipinski definition) is 9. The minimum Gasteiger partial charge on any atom is -0.484 e. The molecule has 0 spiro atoms. The minimum absolute atomic E-state index is 0.00339. The van der Waals surface area contributed by atoms with Gasteiger partial charge in [0.25, 0.3) is 0 Å². The largest absolute Gasteiger partial charge is 0.484 e. The van der Waals surface area contributed by atoms with Gasteiger partial charge in [-0.3, -0.25) is 0 Å². The monoisotopic (exact) mass is 587 g/mol. The maximum atomic E-state index is 13.2. The van der Waals surface area contributed by atoms with Crippen molar-refractivity contribution < 1.29 is 49.0 Å². The number of nitrogens with zero attached hydrogens (tertiary/aromatic N) is 4. The van der Waals surface area contributed by atoms with E-state index in [0.717, 1.165) is 24.4 Å². The van der Waals surface area contributed by atoms with Crippen LogP contribution in [0.25, 0.3) is 0 Å². The van der Waals surface area contributed by atoms with Crippen LogP contribution in [0.5, 0.6) is 11.5 Å². The Kier molecular flexibility index (Phi) is 8.46. The van der Waals surface area contributed by atoms with Gasteiger partial charge in [-0.2, -0.15) is 36.6 Å². The zero-order valence-corrected chi connectivity index (χ0v) is 20.4. The highest BCUT2D eigenvalue weighted by Gasteiger charge is 2.38. The number of sulfone groups is 1. The molecule has 0 bridgehead atoms. The van der Waals surface area contributed by atoms with Crippen LogP contribution in [0.4, 0.5) is 37.0 Å². The summed E-state index contributed by atoms with van der Waals surface area (Å²) < 4.78 is 110. The van der Waals surface area contributed by atoms with Gasteiger partial charge in [-0.05, 0) is 18.6 Å². The first-order valence-corrected chi connectivity index (χ1v) is 12.3. The number of alkyl halides is 6. The molecule has 1 aromatic carbocycles. The number of hydrogen-bond donors (Lipinski definition) is 1. The third kappa shape index (κ3) is 7.51. The lowest BCUT2D eigenvalue weighted by molar-refractivity contribution is -0.153. The first-order chi connectivity index (χ1) is 17.6. The molecule has 0 radical (unpaired) electrons. The van der Waals surface area contributed by atoms with Gasteiger partial charge in [-0.25, -0.2) is 18.2 Å². The van der Waals surface area contributed by atoms with E-state index in [1.807, 2.05) is 0 Å². The summed E-state index contributed by atoms with van der Waals surface area (Å²) in [6, 6.07) is 4.60. The second-order valence-corrected chi connectivity index (χ2v) is 10.4. The number of ether oxygens (including phenoxy) is 2. The van der Waals surface area contributed by atoms with E-state index in [2.05, 4.69) is 14.7 Å². The first kappa shape index (κ1) is 29.0. The fourth-order valence-corrected chi connectivity index (χ4v) is 5.58. The molecule has 1 atom stereocenters. The van der Waals surface area contributed by atoms with Crippen LogP contribution in [-0.2, 0) is 9.84 Å². The van der Waals surface area contributed by atoms with Crippen LogP contribution < -0.4 is 19.7 Å². The van der Waals surface area contributed by atoms with Crippen molar-refractivity contribution in [3.63, 3.8) is 0 Å². The fraction of sp³-hybridized carbons (Fsp3) is 0.400. The van der Waals surface area contributed by atoms with Gasteiger partial charge in [0.1, 0.15) is 18.4 Å². The molecule has 1 amide bonds. The highest BCUT2D eigenvalue weighted by atomic mass is 35.5. The van der Waals surface area contributed by atoms with Gasteiger partial charge in [0.2, 0.25) is 5.82 Å². The normalized spacial score (nSPS) is 16.2. The Morgan fingerprint density at radius 1 is 1.24 bits per heavy atom. The summed E-state index contributed by atoms with van der Waals surface area (Å²) >= 11 is 6.02. The molecule has 38 heavy (non-hydrogen) atoms. The number of benzene rings is 1. The predicted molar refractivity (Wildman–Crippen MR) is 118 cm³/mol. The lowest BCUT2D eigenvalue weighted by atomic mass is 10.3. The molecule has 1 aliphatic rings. The number of anilines is 1. The topological polar surface area (TPSA) is 135 Å². The van der Waals surface area contributed by atoms with Crippen molar-refractivity contribution in [1.29, 1.82) is 5.26 Å². The molecular weight excluding hydrogens is 572 g/mol. The highest BCUT2D eigenvalue weighted by molar-refractivity contribution is 7.92. The van der Waals surface area contributed by atoms with Crippen molar-refractivity contribution in [2.45, 2.75) is 28.9 Å². The van der Waals surface area contributed by atoms with Crippen molar-refractivity contribution in [3.8, 4) is 17.6 Å². The number of aromatic nitrogens is 2. The maximum Gasteiger partial charge on any atom is 0.422 e. The van der Waals surface area contributed by atoms with E-state index in [0.29, 0.717) is 0 Å². The summed E-state index contributed by atoms with van der Waals surface area (Å²) in [6.07, 6.45) is -9.93.